The Balaban J connectivity index is 1.55. The van der Waals surface area contributed by atoms with Gasteiger partial charge in [0.1, 0.15) is 22.6 Å². The van der Waals surface area contributed by atoms with Crippen molar-refractivity contribution in [3.63, 3.8) is 0 Å². The minimum Gasteiger partial charge on any atom is -0.503 e. The quantitative estimate of drug-likeness (QED) is 0.273. The summed E-state index contributed by atoms with van der Waals surface area (Å²) in [6.45, 7) is 3.06. The molecule has 38 heavy (non-hydrogen) atoms. The lowest BCUT2D eigenvalue weighted by Crippen LogP contribution is -2.30. The number of halogens is 3. The first-order valence-corrected chi connectivity index (χ1v) is 12.4. The topological polar surface area (TPSA) is 83.6 Å². The molecule has 0 saturated carbocycles. The Morgan fingerprint density at radius 3 is 2.47 bits per heavy atom. The lowest BCUT2D eigenvalue weighted by Gasteiger charge is -2.25. The Morgan fingerprint density at radius 1 is 1.08 bits per heavy atom. The number of aliphatic hydroxyl groups excluding tert-OH is 1. The monoisotopic (exact) mass is 538 g/mol. The van der Waals surface area contributed by atoms with Crippen LogP contribution in [0.2, 0.25) is 0 Å². The molecule has 1 amide bonds. The zero-order chi connectivity index (χ0) is 27.2. The predicted octanol–water partition coefficient (Wildman–Crippen LogP) is 6.82. The van der Waals surface area contributed by atoms with Crippen LogP contribution in [-0.4, -0.2) is 26.7 Å². The van der Waals surface area contributed by atoms with Gasteiger partial charge in [0.05, 0.1) is 21.7 Å². The van der Waals surface area contributed by atoms with Gasteiger partial charge in [-0.3, -0.25) is 9.59 Å². The van der Waals surface area contributed by atoms with E-state index in [2.05, 4.69) is 4.98 Å². The zero-order valence-electron chi connectivity index (χ0n) is 20.2. The number of amides is 1. The van der Waals surface area contributed by atoms with Gasteiger partial charge < -0.3 is 14.4 Å². The fraction of sp³-hybridized carbons (Fsp3) is 0.179. The van der Waals surface area contributed by atoms with E-state index in [0.29, 0.717) is 16.5 Å². The number of benzene rings is 2. The van der Waals surface area contributed by atoms with Crippen molar-refractivity contribution in [3.8, 4) is 10.6 Å². The summed E-state index contributed by atoms with van der Waals surface area (Å²) in [4.78, 5) is 32.9. The highest BCUT2D eigenvalue weighted by atomic mass is 32.1. The highest BCUT2D eigenvalue weighted by molar-refractivity contribution is 7.17. The molecular formula is C28H21F3N2O4S. The second-order valence-electron chi connectivity index (χ2n) is 8.87. The lowest BCUT2D eigenvalue weighted by atomic mass is 9.99. The third-order valence-corrected chi connectivity index (χ3v) is 7.41. The Labute approximate surface area is 219 Å². The molecule has 0 radical (unpaired) electrons. The molecule has 1 aliphatic rings. The van der Waals surface area contributed by atoms with Crippen molar-refractivity contribution in [2.24, 2.45) is 0 Å². The van der Waals surface area contributed by atoms with E-state index in [0.717, 1.165) is 33.9 Å². The van der Waals surface area contributed by atoms with Gasteiger partial charge in [0.25, 0.3) is 5.91 Å². The Bertz CT molecular complexity index is 1570. The summed E-state index contributed by atoms with van der Waals surface area (Å²) in [6, 6.07) is 15.9. The van der Waals surface area contributed by atoms with Gasteiger partial charge in [-0.25, -0.2) is 4.98 Å². The first-order valence-electron chi connectivity index (χ1n) is 11.6. The zero-order valence-corrected chi connectivity index (χ0v) is 21.1. The van der Waals surface area contributed by atoms with E-state index >= 15 is 0 Å². The number of aromatic nitrogens is 1. The van der Waals surface area contributed by atoms with E-state index < -0.39 is 35.2 Å². The molecule has 0 spiro atoms. The maximum Gasteiger partial charge on any atom is 0.416 e. The van der Waals surface area contributed by atoms with E-state index in [1.807, 2.05) is 30.3 Å². The molecule has 6 nitrogen and oxygen atoms in total. The number of aliphatic hydroxyl groups is 1. The Hall–Kier alpha value is -4.18. The van der Waals surface area contributed by atoms with Crippen LogP contribution < -0.4 is 0 Å². The van der Waals surface area contributed by atoms with Gasteiger partial charge in [0.2, 0.25) is 5.78 Å². The van der Waals surface area contributed by atoms with Gasteiger partial charge in [-0.15, -0.1) is 11.3 Å². The summed E-state index contributed by atoms with van der Waals surface area (Å²) in [5, 5.41) is 11.5. The van der Waals surface area contributed by atoms with Crippen LogP contribution in [0.5, 0.6) is 0 Å². The van der Waals surface area contributed by atoms with Crippen molar-refractivity contribution < 1.29 is 32.3 Å². The third-order valence-electron chi connectivity index (χ3n) is 6.21. The second kappa shape index (κ2) is 9.60. The van der Waals surface area contributed by atoms with Crippen molar-refractivity contribution >= 4 is 23.0 Å². The maximum absolute atomic E-state index is 13.8. The first-order chi connectivity index (χ1) is 18.0. The van der Waals surface area contributed by atoms with Crippen molar-refractivity contribution in [1.29, 1.82) is 0 Å². The highest BCUT2D eigenvalue weighted by Gasteiger charge is 2.46. The molecule has 2 aromatic heterocycles. The number of nitrogens with zero attached hydrogens (tertiary/aromatic N) is 2. The summed E-state index contributed by atoms with van der Waals surface area (Å²) < 4.78 is 45.6. The van der Waals surface area contributed by atoms with E-state index in [1.165, 1.54) is 12.1 Å². The molecule has 1 N–H and O–H groups in total. The van der Waals surface area contributed by atoms with Crippen LogP contribution in [0.15, 0.2) is 82.5 Å². The van der Waals surface area contributed by atoms with Crippen LogP contribution in [-0.2, 0) is 17.5 Å². The molecule has 0 fully saturated rings. The van der Waals surface area contributed by atoms with Crippen molar-refractivity contribution in [1.82, 2.24) is 9.88 Å². The molecule has 0 saturated heterocycles. The highest BCUT2D eigenvalue weighted by Crippen LogP contribution is 2.42. The summed E-state index contributed by atoms with van der Waals surface area (Å²) in [6.07, 6.45) is -4.57. The van der Waals surface area contributed by atoms with Crippen molar-refractivity contribution in [2.75, 3.05) is 0 Å². The fourth-order valence-corrected chi connectivity index (χ4v) is 5.45. The molecule has 1 unspecified atom stereocenters. The predicted molar refractivity (Wildman–Crippen MR) is 134 cm³/mol. The van der Waals surface area contributed by atoms with Gasteiger partial charge in [-0.2, -0.15) is 13.2 Å². The SMILES string of the molecule is Cc1ccc(C2C(C(=O)c3sc(-c4ccccc4)nc3C)=C(O)C(=O)N2Cc2cccc(C(F)(F)F)c2)o1. The summed E-state index contributed by atoms with van der Waals surface area (Å²) in [5.74, 6) is -1.53. The first kappa shape index (κ1) is 25.5. The normalized spacial score (nSPS) is 16.0. The number of furan rings is 1. The average Bonchev–Trinajstić information content (AvgIpc) is 3.56. The summed E-state index contributed by atoms with van der Waals surface area (Å²) in [7, 11) is 0. The number of hydrogen-bond donors (Lipinski definition) is 1. The van der Waals surface area contributed by atoms with E-state index in [1.54, 1.807) is 26.0 Å². The van der Waals surface area contributed by atoms with Gasteiger partial charge >= 0.3 is 6.18 Å². The summed E-state index contributed by atoms with van der Waals surface area (Å²) in [5.41, 5.74) is 0.349. The van der Waals surface area contributed by atoms with Gasteiger partial charge in [-0.05, 0) is 43.7 Å². The average molecular weight is 539 g/mol. The van der Waals surface area contributed by atoms with E-state index in [9.17, 15) is 27.9 Å². The van der Waals surface area contributed by atoms with Gasteiger partial charge in [-0.1, -0.05) is 42.5 Å². The summed E-state index contributed by atoms with van der Waals surface area (Å²) >= 11 is 1.13. The standard InChI is InChI=1S/C28H21F3N2O4S/c1-15-11-12-20(37-15)22-21(23(34)25-16(2)32-26(38-25)18-8-4-3-5-9-18)24(35)27(36)33(22)14-17-7-6-10-19(13-17)28(29,30)31/h3-13,22,35H,14H2,1-2H3. The van der Waals surface area contributed by atoms with E-state index in [-0.39, 0.29) is 28.3 Å². The largest absolute Gasteiger partial charge is 0.503 e. The minimum atomic E-state index is -4.57. The molecule has 1 aliphatic heterocycles. The number of carbonyl (C=O) groups excluding carboxylic acids is 2. The number of carbonyl (C=O) groups is 2. The van der Waals surface area contributed by atoms with Crippen LogP contribution in [0.4, 0.5) is 13.2 Å². The Morgan fingerprint density at radius 2 is 1.82 bits per heavy atom. The second-order valence-corrected chi connectivity index (χ2v) is 9.87. The molecule has 194 valence electrons. The van der Waals surface area contributed by atoms with Gasteiger partial charge in [0, 0.05) is 12.1 Å². The maximum atomic E-state index is 13.8. The number of thiazole rings is 1. The number of hydrogen-bond acceptors (Lipinski definition) is 6. The molecule has 4 aromatic rings. The smallest absolute Gasteiger partial charge is 0.416 e. The molecule has 0 bridgehead atoms. The molecule has 1 atom stereocenters. The molecule has 10 heteroatoms. The molecule has 0 aliphatic carbocycles. The van der Waals surface area contributed by atoms with Crippen LogP contribution >= 0.6 is 11.3 Å². The fourth-order valence-electron chi connectivity index (χ4n) is 4.42. The van der Waals surface area contributed by atoms with Gasteiger partial charge in [0.15, 0.2) is 5.76 Å². The molecule has 2 aromatic carbocycles. The van der Waals surface area contributed by atoms with E-state index in [4.69, 9.17) is 4.42 Å². The van der Waals surface area contributed by atoms with Crippen LogP contribution in [0.25, 0.3) is 10.6 Å². The Kier molecular flexibility index (Phi) is 6.44. The number of alkyl halides is 3. The third kappa shape index (κ3) is 4.63. The van der Waals surface area contributed by atoms with Crippen LogP contribution in [0.3, 0.4) is 0 Å². The number of Topliss-reactive ketones (excluding diaryl/α,β-unsaturated/α-hetero) is 1. The molecule has 3 heterocycles. The van der Waals surface area contributed by atoms with Crippen molar-refractivity contribution in [2.45, 2.75) is 32.6 Å². The van der Waals surface area contributed by atoms with Crippen LogP contribution in [0.1, 0.15) is 44.1 Å². The minimum absolute atomic E-state index is 0.184. The number of ketones is 1. The van der Waals surface area contributed by atoms with Crippen molar-refractivity contribution in [3.05, 3.63) is 111 Å². The number of aryl methyl sites for hydroxylation is 2. The molecular weight excluding hydrogens is 517 g/mol. The van der Waals surface area contributed by atoms with Crippen LogP contribution in [0, 0.1) is 13.8 Å². The number of rotatable bonds is 6. The lowest BCUT2D eigenvalue weighted by molar-refractivity contribution is -0.137. The molecule has 5 rings (SSSR count).